The second kappa shape index (κ2) is 8.33. The molecule has 5 rings (SSSR count). The highest BCUT2D eigenvalue weighted by Crippen LogP contribution is 2.77. The molecule has 10 atom stereocenters. The zero-order valence-corrected chi connectivity index (χ0v) is 24.6. The predicted molar refractivity (Wildman–Crippen MR) is 145 cm³/mol. The molecule has 0 radical (unpaired) electrons. The first kappa shape index (κ1) is 26.8. The highest BCUT2D eigenvalue weighted by molar-refractivity contribution is 6.64. The van der Waals surface area contributed by atoms with Crippen LogP contribution in [0, 0.1) is 56.7 Å². The monoisotopic (exact) mass is 516 g/mol. The Labute approximate surface area is 224 Å². The first-order valence-corrected chi connectivity index (χ1v) is 15.1. The Morgan fingerprint density at radius 1 is 0.806 bits per heavy atom. The van der Waals surface area contributed by atoms with E-state index in [4.69, 9.17) is 16.3 Å². The fourth-order valence-corrected chi connectivity index (χ4v) is 12.2. The lowest BCUT2D eigenvalue weighted by molar-refractivity contribution is -0.248. The summed E-state index contributed by atoms with van der Waals surface area (Å²) in [5, 5.41) is -0.0770. The van der Waals surface area contributed by atoms with Gasteiger partial charge in [-0.15, -0.1) is 0 Å². The molecule has 0 aromatic heterocycles. The van der Waals surface area contributed by atoms with Crippen molar-refractivity contribution in [1.82, 2.24) is 0 Å². The van der Waals surface area contributed by atoms with Gasteiger partial charge in [0.25, 0.3) is 0 Å². The van der Waals surface area contributed by atoms with E-state index in [2.05, 4.69) is 48.1 Å². The van der Waals surface area contributed by atoms with Crippen molar-refractivity contribution < 1.29 is 14.3 Å². The van der Waals surface area contributed by atoms with Crippen LogP contribution in [-0.4, -0.2) is 17.3 Å². The Morgan fingerprint density at radius 2 is 1.50 bits per heavy atom. The number of allylic oxidation sites excluding steroid dienone is 1. The zero-order chi connectivity index (χ0) is 26.5. The minimum atomic E-state index is -0.344. The summed E-state index contributed by atoms with van der Waals surface area (Å²) in [6.07, 6.45) is 11.1. The van der Waals surface area contributed by atoms with Crippen molar-refractivity contribution in [2.24, 2.45) is 56.7 Å². The van der Waals surface area contributed by atoms with Gasteiger partial charge in [-0.25, -0.2) is 0 Å². The molecule has 202 valence electrons. The number of rotatable bonds is 3. The molecule has 3 nitrogen and oxygen atoms in total. The molecule has 1 unspecified atom stereocenters. The van der Waals surface area contributed by atoms with Crippen LogP contribution >= 0.6 is 11.6 Å². The fraction of sp³-hybridized carbons (Fsp3) is 0.875. The highest BCUT2D eigenvalue weighted by Gasteiger charge is 2.71. The summed E-state index contributed by atoms with van der Waals surface area (Å²) in [7, 11) is 0. The van der Waals surface area contributed by atoms with Crippen molar-refractivity contribution in [3.05, 3.63) is 12.2 Å². The maximum atomic E-state index is 13.0. The highest BCUT2D eigenvalue weighted by atomic mass is 35.5. The van der Waals surface area contributed by atoms with Crippen LogP contribution in [0.4, 0.5) is 0 Å². The van der Waals surface area contributed by atoms with Crippen molar-refractivity contribution in [3.8, 4) is 0 Å². The van der Waals surface area contributed by atoms with Gasteiger partial charge in [0.15, 0.2) is 0 Å². The van der Waals surface area contributed by atoms with Crippen molar-refractivity contribution >= 4 is 22.8 Å². The molecule has 4 heteroatoms. The Bertz CT molecular complexity index is 970. The molecular weight excluding hydrogens is 468 g/mol. The lowest BCUT2D eigenvalue weighted by atomic mass is 9.32. The minimum Gasteiger partial charge on any atom is -0.462 e. The summed E-state index contributed by atoms with van der Waals surface area (Å²) < 4.78 is 5.89. The van der Waals surface area contributed by atoms with Crippen molar-refractivity contribution in [3.63, 3.8) is 0 Å². The van der Waals surface area contributed by atoms with E-state index in [0.29, 0.717) is 29.6 Å². The van der Waals surface area contributed by atoms with Crippen LogP contribution in [0.3, 0.4) is 0 Å². The number of halogens is 1. The number of esters is 1. The van der Waals surface area contributed by atoms with Crippen LogP contribution in [0.2, 0.25) is 0 Å². The molecule has 5 aliphatic carbocycles. The number of ether oxygens (including phenoxy) is 1. The maximum absolute atomic E-state index is 13.0. The van der Waals surface area contributed by atoms with Gasteiger partial charge in [-0.1, -0.05) is 46.8 Å². The fourth-order valence-electron chi connectivity index (χ4n) is 11.9. The maximum Gasteiger partial charge on any atom is 0.302 e. The Kier molecular flexibility index (Phi) is 6.19. The van der Waals surface area contributed by atoms with Gasteiger partial charge in [0, 0.05) is 17.8 Å². The van der Waals surface area contributed by atoms with Crippen LogP contribution in [0.15, 0.2) is 12.2 Å². The van der Waals surface area contributed by atoms with Gasteiger partial charge in [-0.3, -0.25) is 9.59 Å². The molecule has 0 aliphatic heterocycles. The van der Waals surface area contributed by atoms with E-state index in [1.165, 1.54) is 31.3 Å². The first-order valence-electron chi connectivity index (χ1n) is 14.7. The quantitative estimate of drug-likeness (QED) is 0.215. The lowest BCUT2D eigenvalue weighted by Gasteiger charge is -2.72. The first-order chi connectivity index (χ1) is 16.6. The van der Waals surface area contributed by atoms with E-state index < -0.39 is 0 Å². The molecule has 5 fully saturated rings. The van der Waals surface area contributed by atoms with Crippen LogP contribution < -0.4 is 0 Å². The average Bonchev–Trinajstić information content (AvgIpc) is 3.17. The molecule has 0 bridgehead atoms. The minimum absolute atomic E-state index is 0.0129. The second-order valence-corrected chi connectivity index (χ2v) is 15.4. The largest absolute Gasteiger partial charge is 0.462 e. The third kappa shape index (κ3) is 3.29. The summed E-state index contributed by atoms with van der Waals surface area (Å²) in [6, 6.07) is 0. The molecule has 5 saturated carbocycles. The zero-order valence-electron chi connectivity index (χ0n) is 23.8. The van der Waals surface area contributed by atoms with Crippen LogP contribution in [0.25, 0.3) is 0 Å². The van der Waals surface area contributed by atoms with Crippen molar-refractivity contribution in [1.29, 1.82) is 0 Å². The lowest BCUT2D eigenvalue weighted by Crippen LogP contribution is -2.67. The van der Waals surface area contributed by atoms with E-state index in [-0.39, 0.29) is 44.4 Å². The third-order valence-corrected chi connectivity index (χ3v) is 14.1. The van der Waals surface area contributed by atoms with Gasteiger partial charge < -0.3 is 4.74 Å². The van der Waals surface area contributed by atoms with Gasteiger partial charge in [0.1, 0.15) is 6.10 Å². The number of carbonyl (C=O) groups is 2. The summed E-state index contributed by atoms with van der Waals surface area (Å²) in [5.74, 6) is 2.37. The molecule has 0 spiro atoms. The van der Waals surface area contributed by atoms with Crippen LogP contribution in [0.5, 0.6) is 0 Å². The number of fused-ring (bicyclic) bond motifs is 7. The summed E-state index contributed by atoms with van der Waals surface area (Å²) in [6.45, 7) is 20.6. The number of hydrogen-bond acceptors (Lipinski definition) is 3. The smallest absolute Gasteiger partial charge is 0.302 e. The normalized spacial score (nSPS) is 51.2. The SMILES string of the molecule is C=C(C)[C@@H]1CC[C@]2(C(=O)Cl)CC[C@]3(C)[C@H](CCC4[C@@]5(C)CC[C@H](OC(C)=O)C(C)(C)[C@@H]5CC[C@]43C)[C@@H]12. The Hall–Kier alpha value is -0.830. The van der Waals surface area contributed by atoms with Crippen LogP contribution in [-0.2, 0) is 14.3 Å². The molecule has 0 N–H and O–H groups in total. The standard InChI is InChI=1S/C32H49ClO3/c1-19(2)21-11-16-32(27(33)35)18-17-30(7)22(26(21)32)9-10-24-29(6)14-13-25(36-20(3)34)28(4,5)23(29)12-15-31(24,30)8/h21-26H,1,9-18H2,2-8H3/t21-,22+,23-,24?,25-,26+,29-,30+,31+,32-/m0/s1. The van der Waals surface area contributed by atoms with E-state index in [0.717, 1.165) is 38.5 Å². The molecule has 0 aromatic carbocycles. The van der Waals surface area contributed by atoms with Gasteiger partial charge in [-0.2, -0.15) is 0 Å². The Morgan fingerprint density at radius 3 is 2.11 bits per heavy atom. The molecule has 0 saturated heterocycles. The average molecular weight is 517 g/mol. The summed E-state index contributed by atoms with van der Waals surface area (Å²) in [5.41, 5.74) is 1.60. The topological polar surface area (TPSA) is 43.4 Å². The van der Waals surface area contributed by atoms with Gasteiger partial charge >= 0.3 is 5.97 Å². The third-order valence-electron chi connectivity index (χ3n) is 13.7. The second-order valence-electron chi connectivity index (χ2n) is 15.1. The molecule has 5 aliphatic rings. The number of carbonyl (C=O) groups excluding carboxylic acids is 2. The van der Waals surface area contributed by atoms with Gasteiger partial charge in [0.05, 0.1) is 0 Å². The summed E-state index contributed by atoms with van der Waals surface area (Å²) >= 11 is 6.46. The van der Waals surface area contributed by atoms with E-state index >= 15 is 0 Å². The summed E-state index contributed by atoms with van der Waals surface area (Å²) in [4.78, 5) is 24.9. The van der Waals surface area contributed by atoms with Crippen molar-refractivity contribution in [2.75, 3.05) is 0 Å². The number of hydrogen-bond donors (Lipinski definition) is 0. The molecule has 0 heterocycles. The van der Waals surface area contributed by atoms with Crippen molar-refractivity contribution in [2.45, 2.75) is 119 Å². The Balaban J connectivity index is 1.52. The predicted octanol–water partition coefficient (Wildman–Crippen LogP) is 8.34. The van der Waals surface area contributed by atoms with Gasteiger partial charge in [-0.05, 0) is 129 Å². The van der Waals surface area contributed by atoms with E-state index in [9.17, 15) is 9.59 Å². The van der Waals surface area contributed by atoms with E-state index in [1.54, 1.807) is 6.92 Å². The molecule has 0 aromatic rings. The van der Waals surface area contributed by atoms with E-state index in [1.807, 2.05) is 0 Å². The molecule has 36 heavy (non-hydrogen) atoms. The molecule has 0 amide bonds. The van der Waals surface area contributed by atoms with Crippen LogP contribution in [0.1, 0.15) is 113 Å². The van der Waals surface area contributed by atoms with Gasteiger partial charge in [0.2, 0.25) is 5.24 Å². The molecular formula is C32H49ClO3.